The molecule has 1 aromatic carbocycles. The lowest BCUT2D eigenvalue weighted by atomic mass is 9.89. The molecule has 3 nitrogen and oxygen atoms in total. The molecule has 0 saturated carbocycles. The summed E-state index contributed by atoms with van der Waals surface area (Å²) in [7, 11) is 1.15. The molecule has 3 aliphatic rings. The predicted octanol–water partition coefficient (Wildman–Crippen LogP) is 3.68. The van der Waals surface area contributed by atoms with Crippen LogP contribution in [0, 0.1) is 0 Å². The van der Waals surface area contributed by atoms with E-state index in [0.29, 0.717) is 0 Å². The molecule has 1 aromatic rings. The van der Waals surface area contributed by atoms with Crippen LogP contribution in [-0.4, -0.2) is 22.8 Å². The Morgan fingerprint density at radius 1 is 1.23 bits per heavy atom. The van der Waals surface area contributed by atoms with E-state index in [1.54, 1.807) is 0 Å². The van der Waals surface area contributed by atoms with E-state index in [9.17, 15) is 4.21 Å². The molecule has 2 unspecified atom stereocenters. The maximum atomic E-state index is 12.9. The monoisotopic (exact) mass is 334 g/mol. The van der Waals surface area contributed by atoms with Crippen LogP contribution in [0.4, 0.5) is 0 Å². The van der Waals surface area contributed by atoms with Gasteiger partial charge < -0.3 is 5.43 Å². The second-order valence-electron chi connectivity index (χ2n) is 6.21. The average Bonchev–Trinajstić information content (AvgIpc) is 2.86. The highest BCUT2D eigenvalue weighted by Gasteiger charge is 2.38. The summed E-state index contributed by atoms with van der Waals surface area (Å²) in [6.07, 6.45) is 3.99. The fourth-order valence-electron chi connectivity index (χ4n) is 3.63. The first kappa shape index (κ1) is 14.5. The summed E-state index contributed by atoms with van der Waals surface area (Å²) >= 11 is 5.97. The molecule has 0 spiro atoms. The van der Waals surface area contributed by atoms with Gasteiger partial charge in [0.15, 0.2) is 0 Å². The quantitative estimate of drug-likeness (QED) is 0.850. The molecule has 0 radical (unpaired) electrons. The zero-order chi connectivity index (χ0) is 15.3. The number of nitrogens with one attached hydrogen (secondary N) is 1. The van der Waals surface area contributed by atoms with Gasteiger partial charge in [0.25, 0.3) is 0 Å². The van der Waals surface area contributed by atoms with Crippen molar-refractivity contribution in [3.8, 4) is 0 Å². The number of hydrazine groups is 1. The highest BCUT2D eigenvalue weighted by molar-refractivity contribution is 7.89. The molecule has 4 rings (SSSR count). The van der Waals surface area contributed by atoms with Crippen LogP contribution in [0.2, 0.25) is 5.02 Å². The summed E-state index contributed by atoms with van der Waals surface area (Å²) in [5.41, 5.74) is 8.67. The van der Waals surface area contributed by atoms with Gasteiger partial charge >= 0.3 is 0 Å². The van der Waals surface area contributed by atoms with Crippen molar-refractivity contribution in [1.29, 1.82) is 0 Å². The van der Waals surface area contributed by atoms with Crippen LogP contribution in [0.25, 0.3) is 0 Å². The third kappa shape index (κ3) is 2.34. The Balaban J connectivity index is 1.67. The lowest BCUT2D eigenvalue weighted by Gasteiger charge is -2.33. The standard InChI is InChI=1S/C17H19ClN2OS/c1-20-9-8-12-4-7-15-14(17(12)19-20)10-16(22(15)21)11-2-5-13(18)6-3-11/h2-3,5-6,16,19H,4,7-10H2,1H3. The second kappa shape index (κ2) is 5.52. The molecular weight excluding hydrogens is 316 g/mol. The first-order valence-electron chi connectivity index (χ1n) is 7.72. The molecule has 0 saturated heterocycles. The van der Waals surface area contributed by atoms with Crippen LogP contribution in [0.15, 0.2) is 46.0 Å². The van der Waals surface area contributed by atoms with Gasteiger partial charge in [0.1, 0.15) is 0 Å². The molecule has 2 aliphatic heterocycles. The van der Waals surface area contributed by atoms with E-state index in [2.05, 4.69) is 17.5 Å². The van der Waals surface area contributed by atoms with Crippen LogP contribution in [-0.2, 0) is 10.8 Å². The fourth-order valence-corrected chi connectivity index (χ4v) is 5.55. The van der Waals surface area contributed by atoms with E-state index in [1.165, 1.54) is 16.8 Å². The van der Waals surface area contributed by atoms with Crippen molar-refractivity contribution in [2.24, 2.45) is 0 Å². The minimum atomic E-state index is -0.917. The van der Waals surface area contributed by atoms with Crippen molar-refractivity contribution in [2.75, 3.05) is 13.6 Å². The van der Waals surface area contributed by atoms with Crippen molar-refractivity contribution in [1.82, 2.24) is 10.4 Å². The molecule has 2 heterocycles. The van der Waals surface area contributed by atoms with Gasteiger partial charge in [-0.3, -0.25) is 4.21 Å². The lowest BCUT2D eigenvalue weighted by Crippen LogP contribution is -2.40. The zero-order valence-corrected chi connectivity index (χ0v) is 14.1. The summed E-state index contributed by atoms with van der Waals surface area (Å²) < 4.78 is 12.9. The van der Waals surface area contributed by atoms with E-state index in [4.69, 9.17) is 11.6 Å². The Morgan fingerprint density at radius 2 is 2.00 bits per heavy atom. The first-order valence-corrected chi connectivity index (χ1v) is 9.31. The van der Waals surface area contributed by atoms with Gasteiger partial charge in [-0.1, -0.05) is 23.7 Å². The van der Waals surface area contributed by atoms with Gasteiger partial charge in [-0.25, -0.2) is 5.01 Å². The van der Waals surface area contributed by atoms with Crippen molar-refractivity contribution >= 4 is 22.4 Å². The number of rotatable bonds is 1. The number of fused-ring (bicyclic) bond motifs is 1. The lowest BCUT2D eigenvalue weighted by molar-refractivity contribution is 0.248. The van der Waals surface area contributed by atoms with Crippen LogP contribution in [0.5, 0.6) is 0 Å². The largest absolute Gasteiger partial charge is 0.319 e. The molecule has 2 atom stereocenters. The smallest absolute Gasteiger partial charge is 0.0682 e. The van der Waals surface area contributed by atoms with Crippen LogP contribution < -0.4 is 5.43 Å². The normalized spacial score (nSPS) is 28.5. The minimum Gasteiger partial charge on any atom is -0.319 e. The summed E-state index contributed by atoms with van der Waals surface area (Å²) in [4.78, 5) is 1.15. The molecule has 0 fully saturated rings. The van der Waals surface area contributed by atoms with Gasteiger partial charge in [0.2, 0.25) is 0 Å². The molecule has 0 amide bonds. The Hall–Kier alpha value is -1.10. The minimum absolute atomic E-state index is 0.0724. The molecule has 22 heavy (non-hydrogen) atoms. The fraction of sp³-hybridized carbons (Fsp3) is 0.412. The Kier molecular flexibility index (Phi) is 3.63. The van der Waals surface area contributed by atoms with Gasteiger partial charge in [-0.15, -0.1) is 0 Å². The van der Waals surface area contributed by atoms with Crippen molar-refractivity contribution < 1.29 is 4.21 Å². The Bertz CT molecular complexity index is 708. The molecule has 116 valence electrons. The maximum Gasteiger partial charge on any atom is 0.0682 e. The Morgan fingerprint density at radius 3 is 2.77 bits per heavy atom. The van der Waals surface area contributed by atoms with Crippen LogP contribution in [0.3, 0.4) is 0 Å². The van der Waals surface area contributed by atoms with Crippen LogP contribution in [0.1, 0.15) is 36.5 Å². The van der Waals surface area contributed by atoms with Crippen molar-refractivity contribution in [3.05, 3.63) is 56.6 Å². The third-order valence-electron chi connectivity index (χ3n) is 4.83. The van der Waals surface area contributed by atoms with E-state index < -0.39 is 10.8 Å². The van der Waals surface area contributed by atoms with E-state index in [0.717, 1.165) is 47.7 Å². The summed E-state index contributed by atoms with van der Waals surface area (Å²) in [5, 5.41) is 2.93. The van der Waals surface area contributed by atoms with E-state index in [1.807, 2.05) is 24.3 Å². The highest BCUT2D eigenvalue weighted by atomic mass is 35.5. The average molecular weight is 335 g/mol. The third-order valence-corrected chi connectivity index (χ3v) is 6.97. The van der Waals surface area contributed by atoms with E-state index >= 15 is 0 Å². The van der Waals surface area contributed by atoms with Gasteiger partial charge in [-0.05, 0) is 54.5 Å². The Labute approximate surface area is 138 Å². The number of nitrogens with zero attached hydrogens (tertiary/aromatic N) is 1. The molecule has 1 N–H and O–H groups in total. The molecule has 5 heteroatoms. The van der Waals surface area contributed by atoms with Gasteiger partial charge in [0.05, 0.1) is 21.7 Å². The van der Waals surface area contributed by atoms with E-state index in [-0.39, 0.29) is 5.25 Å². The molecule has 0 aromatic heterocycles. The molecular formula is C17H19ClN2OS. The predicted molar refractivity (Wildman–Crippen MR) is 90.6 cm³/mol. The van der Waals surface area contributed by atoms with Crippen molar-refractivity contribution in [2.45, 2.75) is 30.9 Å². The topological polar surface area (TPSA) is 32.3 Å². The number of hydrogen-bond donors (Lipinski definition) is 1. The van der Waals surface area contributed by atoms with Crippen LogP contribution >= 0.6 is 11.6 Å². The van der Waals surface area contributed by atoms with Crippen molar-refractivity contribution in [3.63, 3.8) is 0 Å². The second-order valence-corrected chi connectivity index (χ2v) is 8.30. The summed E-state index contributed by atoms with van der Waals surface area (Å²) in [5.74, 6) is 0. The van der Waals surface area contributed by atoms with Gasteiger partial charge in [0, 0.05) is 23.5 Å². The number of allylic oxidation sites excluding steroid dienone is 2. The highest BCUT2D eigenvalue weighted by Crippen LogP contribution is 2.47. The number of hydrogen-bond acceptors (Lipinski definition) is 3. The zero-order valence-electron chi connectivity index (χ0n) is 12.6. The first-order chi connectivity index (χ1) is 10.6. The SMILES string of the molecule is CN1CCC2=C(N1)C1=C(CC2)S(=O)C(c2ccc(Cl)cc2)C1. The molecule has 1 aliphatic carbocycles. The maximum absolute atomic E-state index is 12.9. The molecule has 0 bridgehead atoms. The summed E-state index contributed by atoms with van der Waals surface area (Å²) in [6.45, 7) is 1.05. The summed E-state index contributed by atoms with van der Waals surface area (Å²) in [6, 6.07) is 7.81. The number of halogens is 1. The van der Waals surface area contributed by atoms with Gasteiger partial charge in [-0.2, -0.15) is 0 Å². The number of benzene rings is 1.